The molecule has 0 unspecified atom stereocenters. The van der Waals surface area contributed by atoms with Gasteiger partial charge in [0.2, 0.25) is 5.91 Å². The highest BCUT2D eigenvalue weighted by molar-refractivity contribution is 5.78. The fourth-order valence-electron chi connectivity index (χ4n) is 3.75. The predicted octanol–water partition coefficient (Wildman–Crippen LogP) is 0.196. The van der Waals surface area contributed by atoms with Crippen LogP contribution in [0.15, 0.2) is 0 Å². The van der Waals surface area contributed by atoms with Gasteiger partial charge in [-0.1, -0.05) is 6.42 Å². The van der Waals surface area contributed by atoms with E-state index in [2.05, 4.69) is 15.5 Å². The van der Waals surface area contributed by atoms with Crippen molar-refractivity contribution >= 4 is 5.91 Å². The highest BCUT2D eigenvalue weighted by atomic mass is 16.2. The van der Waals surface area contributed by atoms with Gasteiger partial charge in [-0.3, -0.25) is 9.69 Å². The molecule has 2 N–H and O–H groups in total. The van der Waals surface area contributed by atoms with Crippen LogP contribution in [-0.4, -0.2) is 49.6 Å². The second kappa shape index (κ2) is 4.94. The summed E-state index contributed by atoms with van der Waals surface area (Å²) in [5.41, 5.74) is 0. The molecule has 17 heavy (non-hydrogen) atoms. The molecule has 2 aliphatic carbocycles. The Bertz CT molecular complexity index is 288. The maximum Gasteiger partial charge on any atom is 0.234 e. The number of hydrogen-bond acceptors (Lipinski definition) is 3. The monoisotopic (exact) mass is 237 g/mol. The van der Waals surface area contributed by atoms with Crippen molar-refractivity contribution < 1.29 is 4.79 Å². The molecular weight excluding hydrogens is 214 g/mol. The Morgan fingerprint density at radius 3 is 2.71 bits per heavy atom. The predicted molar refractivity (Wildman–Crippen MR) is 66.7 cm³/mol. The Labute approximate surface area is 103 Å². The molecule has 3 fully saturated rings. The average Bonchev–Trinajstić information content (AvgIpc) is 2.92. The van der Waals surface area contributed by atoms with Crippen molar-refractivity contribution in [1.29, 1.82) is 0 Å². The number of amides is 1. The Morgan fingerprint density at radius 1 is 1.24 bits per heavy atom. The average molecular weight is 237 g/mol. The summed E-state index contributed by atoms with van der Waals surface area (Å²) in [5.74, 6) is 1.93. The van der Waals surface area contributed by atoms with Crippen LogP contribution in [0.4, 0.5) is 0 Å². The normalized spacial score (nSPS) is 37.3. The fourth-order valence-corrected chi connectivity index (χ4v) is 3.75. The van der Waals surface area contributed by atoms with Crippen LogP contribution in [0, 0.1) is 11.8 Å². The Balaban J connectivity index is 1.44. The molecule has 1 amide bonds. The molecule has 4 heteroatoms. The highest BCUT2D eigenvalue weighted by Crippen LogP contribution is 2.44. The lowest BCUT2D eigenvalue weighted by molar-refractivity contribution is -0.123. The molecule has 4 nitrogen and oxygen atoms in total. The van der Waals surface area contributed by atoms with Gasteiger partial charge < -0.3 is 10.6 Å². The Morgan fingerprint density at radius 2 is 2.06 bits per heavy atom. The molecule has 3 rings (SSSR count). The minimum Gasteiger partial charge on any atom is -0.352 e. The third-order valence-electron chi connectivity index (χ3n) is 4.66. The third kappa shape index (κ3) is 2.63. The highest BCUT2D eigenvalue weighted by Gasteiger charge is 2.40. The lowest BCUT2D eigenvalue weighted by Crippen LogP contribution is -2.49. The number of fused-ring (bicyclic) bond motifs is 2. The second-order valence-electron chi connectivity index (χ2n) is 5.88. The zero-order valence-electron chi connectivity index (χ0n) is 10.5. The van der Waals surface area contributed by atoms with E-state index in [1.165, 1.54) is 25.7 Å². The van der Waals surface area contributed by atoms with Crippen molar-refractivity contribution in [2.75, 3.05) is 32.7 Å². The molecule has 2 bridgehead atoms. The van der Waals surface area contributed by atoms with Gasteiger partial charge in [0.1, 0.15) is 0 Å². The molecule has 1 heterocycles. The van der Waals surface area contributed by atoms with Crippen LogP contribution >= 0.6 is 0 Å². The molecule has 96 valence electrons. The molecule has 0 spiro atoms. The van der Waals surface area contributed by atoms with Crippen LogP contribution in [0.25, 0.3) is 0 Å². The van der Waals surface area contributed by atoms with E-state index in [1.807, 2.05) is 0 Å². The van der Waals surface area contributed by atoms with E-state index in [1.54, 1.807) is 0 Å². The van der Waals surface area contributed by atoms with Gasteiger partial charge in [-0.2, -0.15) is 0 Å². The number of carbonyl (C=O) groups excluding carboxylic acids is 1. The van der Waals surface area contributed by atoms with Gasteiger partial charge >= 0.3 is 0 Å². The van der Waals surface area contributed by atoms with Gasteiger partial charge in [-0.05, 0) is 31.1 Å². The van der Waals surface area contributed by atoms with Crippen LogP contribution in [0.2, 0.25) is 0 Å². The number of carbonyl (C=O) groups is 1. The smallest absolute Gasteiger partial charge is 0.234 e. The number of nitrogens with zero attached hydrogens (tertiary/aromatic N) is 1. The summed E-state index contributed by atoms with van der Waals surface area (Å²) in [7, 11) is 0. The van der Waals surface area contributed by atoms with E-state index in [4.69, 9.17) is 0 Å². The maximum atomic E-state index is 12.0. The van der Waals surface area contributed by atoms with E-state index >= 15 is 0 Å². The van der Waals surface area contributed by atoms with Crippen molar-refractivity contribution in [3.05, 3.63) is 0 Å². The van der Waals surface area contributed by atoms with Crippen molar-refractivity contribution in [3.8, 4) is 0 Å². The van der Waals surface area contributed by atoms with Crippen molar-refractivity contribution in [1.82, 2.24) is 15.5 Å². The minimum absolute atomic E-state index is 0.240. The first-order valence-electron chi connectivity index (χ1n) is 7.03. The van der Waals surface area contributed by atoms with E-state index in [9.17, 15) is 4.79 Å². The molecule has 0 aromatic carbocycles. The zero-order valence-corrected chi connectivity index (χ0v) is 10.5. The largest absolute Gasteiger partial charge is 0.352 e. The summed E-state index contributed by atoms with van der Waals surface area (Å²) in [6.07, 6.45) is 5.33. The van der Waals surface area contributed by atoms with Crippen LogP contribution in [0.1, 0.15) is 25.7 Å². The van der Waals surface area contributed by atoms with E-state index in [0.717, 1.165) is 38.0 Å². The standard InChI is InChI=1S/C13H23N3O/c17-13(9-16-5-3-14-4-6-16)15-12-8-10-1-2-11(12)7-10/h10-12,14H,1-9H2,(H,15,17)/t10-,11-,12+/m1/s1. The van der Waals surface area contributed by atoms with Crippen molar-refractivity contribution in [3.63, 3.8) is 0 Å². The third-order valence-corrected chi connectivity index (χ3v) is 4.66. The summed E-state index contributed by atoms with van der Waals surface area (Å²) >= 11 is 0. The molecule has 1 aliphatic heterocycles. The molecule has 0 aromatic heterocycles. The lowest BCUT2D eigenvalue weighted by Gasteiger charge is -2.28. The van der Waals surface area contributed by atoms with E-state index in [-0.39, 0.29) is 5.91 Å². The van der Waals surface area contributed by atoms with Gasteiger partial charge in [0.05, 0.1) is 6.54 Å². The summed E-state index contributed by atoms with van der Waals surface area (Å²) in [5, 5.41) is 6.57. The van der Waals surface area contributed by atoms with Crippen LogP contribution in [0.5, 0.6) is 0 Å². The SMILES string of the molecule is O=C(CN1CCNCC1)N[C@H]1C[C@@H]2CC[C@@H]1C2. The number of piperazine rings is 1. The Kier molecular flexibility index (Phi) is 3.34. The first kappa shape index (κ1) is 11.5. The van der Waals surface area contributed by atoms with Crippen molar-refractivity contribution in [2.45, 2.75) is 31.7 Å². The minimum atomic E-state index is 0.240. The summed E-state index contributed by atoms with van der Waals surface area (Å²) in [6, 6.07) is 0.490. The topological polar surface area (TPSA) is 44.4 Å². The quantitative estimate of drug-likeness (QED) is 0.737. The number of rotatable bonds is 3. The zero-order chi connectivity index (χ0) is 11.7. The second-order valence-corrected chi connectivity index (χ2v) is 5.88. The number of hydrogen-bond donors (Lipinski definition) is 2. The van der Waals surface area contributed by atoms with Crippen LogP contribution in [-0.2, 0) is 4.79 Å². The van der Waals surface area contributed by atoms with Gasteiger partial charge in [0, 0.05) is 32.2 Å². The molecule has 0 radical (unpaired) electrons. The van der Waals surface area contributed by atoms with E-state index < -0.39 is 0 Å². The summed E-state index contributed by atoms with van der Waals surface area (Å²) in [6.45, 7) is 4.63. The Hall–Kier alpha value is -0.610. The van der Waals surface area contributed by atoms with E-state index in [0.29, 0.717) is 12.6 Å². The molecular formula is C13H23N3O. The number of nitrogens with one attached hydrogen (secondary N) is 2. The maximum absolute atomic E-state index is 12.0. The molecule has 0 aromatic rings. The fraction of sp³-hybridized carbons (Fsp3) is 0.923. The molecule has 1 saturated heterocycles. The van der Waals surface area contributed by atoms with Gasteiger partial charge in [0.25, 0.3) is 0 Å². The lowest BCUT2D eigenvalue weighted by atomic mass is 9.95. The van der Waals surface area contributed by atoms with Gasteiger partial charge in [0.15, 0.2) is 0 Å². The molecule has 3 aliphatic rings. The first-order chi connectivity index (χ1) is 8.31. The van der Waals surface area contributed by atoms with Crippen LogP contribution < -0.4 is 10.6 Å². The van der Waals surface area contributed by atoms with Crippen LogP contribution in [0.3, 0.4) is 0 Å². The molecule has 3 atom stereocenters. The van der Waals surface area contributed by atoms with Gasteiger partial charge in [-0.15, -0.1) is 0 Å². The van der Waals surface area contributed by atoms with Crippen molar-refractivity contribution in [2.24, 2.45) is 11.8 Å². The van der Waals surface area contributed by atoms with Gasteiger partial charge in [-0.25, -0.2) is 0 Å². The molecule has 2 saturated carbocycles. The summed E-state index contributed by atoms with van der Waals surface area (Å²) in [4.78, 5) is 14.2. The first-order valence-corrected chi connectivity index (χ1v) is 7.03. The summed E-state index contributed by atoms with van der Waals surface area (Å²) < 4.78 is 0.